The molecule has 0 fully saturated rings. The molecule has 0 spiro atoms. The van der Waals surface area contributed by atoms with Crippen LogP contribution in [0.2, 0.25) is 0 Å². The van der Waals surface area contributed by atoms with Gasteiger partial charge in [0.15, 0.2) is 0 Å². The zero-order valence-corrected chi connectivity index (χ0v) is 11.1. The first-order valence-corrected chi connectivity index (χ1v) is 6.19. The lowest BCUT2D eigenvalue weighted by atomic mass is 10.1. The normalized spacial score (nSPS) is 10.3. The number of nitrogens with one attached hydrogen (secondary N) is 1. The Morgan fingerprint density at radius 3 is 2.71 bits per heavy atom. The molecule has 0 saturated heterocycles. The second-order valence-corrected chi connectivity index (χ2v) is 4.83. The van der Waals surface area contributed by atoms with E-state index in [1.165, 1.54) is 17.2 Å². The standard InChI is InChI=1S/C14H13BrFN/c1-10-3-2-4-11(7-10)9-17-12-5-6-13(15)14(16)8-12/h2-8,17H,9H2,1H3. The van der Waals surface area contributed by atoms with Crippen LogP contribution in [0.25, 0.3) is 0 Å². The molecule has 1 N–H and O–H groups in total. The summed E-state index contributed by atoms with van der Waals surface area (Å²) in [6, 6.07) is 13.3. The SMILES string of the molecule is Cc1cccc(CNc2ccc(Br)c(F)c2)c1. The molecule has 0 radical (unpaired) electrons. The molecule has 3 heteroatoms. The summed E-state index contributed by atoms with van der Waals surface area (Å²) >= 11 is 3.13. The number of hydrogen-bond acceptors (Lipinski definition) is 1. The summed E-state index contributed by atoms with van der Waals surface area (Å²) in [7, 11) is 0. The highest BCUT2D eigenvalue weighted by Gasteiger charge is 2.00. The lowest BCUT2D eigenvalue weighted by molar-refractivity contribution is 0.621. The molecule has 0 aromatic heterocycles. The first-order valence-electron chi connectivity index (χ1n) is 5.39. The lowest BCUT2D eigenvalue weighted by Crippen LogP contribution is -1.99. The molecule has 1 nitrogen and oxygen atoms in total. The lowest BCUT2D eigenvalue weighted by Gasteiger charge is -2.07. The van der Waals surface area contributed by atoms with E-state index in [9.17, 15) is 4.39 Å². The predicted molar refractivity (Wildman–Crippen MR) is 72.6 cm³/mol. The summed E-state index contributed by atoms with van der Waals surface area (Å²) in [4.78, 5) is 0. The molecule has 0 heterocycles. The fourth-order valence-electron chi connectivity index (χ4n) is 1.63. The molecule has 2 aromatic carbocycles. The van der Waals surface area contributed by atoms with Crippen LogP contribution < -0.4 is 5.32 Å². The highest BCUT2D eigenvalue weighted by Crippen LogP contribution is 2.19. The molecule has 0 aliphatic carbocycles. The number of benzene rings is 2. The second-order valence-electron chi connectivity index (χ2n) is 3.97. The van der Waals surface area contributed by atoms with E-state index in [1.54, 1.807) is 6.07 Å². The average Bonchev–Trinajstić information content (AvgIpc) is 2.31. The van der Waals surface area contributed by atoms with Crippen LogP contribution in [0.1, 0.15) is 11.1 Å². The highest BCUT2D eigenvalue weighted by molar-refractivity contribution is 9.10. The first kappa shape index (κ1) is 12.1. The van der Waals surface area contributed by atoms with Crippen molar-refractivity contribution in [1.29, 1.82) is 0 Å². The van der Waals surface area contributed by atoms with E-state index in [0.29, 0.717) is 11.0 Å². The van der Waals surface area contributed by atoms with Gasteiger partial charge in [-0.3, -0.25) is 0 Å². The molecule has 0 bridgehead atoms. The Morgan fingerprint density at radius 2 is 2.00 bits per heavy atom. The molecule has 0 amide bonds. The maximum atomic E-state index is 13.3. The summed E-state index contributed by atoms with van der Waals surface area (Å²) in [5, 5.41) is 3.20. The molecule has 2 aromatic rings. The van der Waals surface area contributed by atoms with Gasteiger partial charge >= 0.3 is 0 Å². The van der Waals surface area contributed by atoms with Crippen molar-refractivity contribution in [3.63, 3.8) is 0 Å². The fraction of sp³-hybridized carbons (Fsp3) is 0.143. The molecular formula is C14H13BrFN. The Kier molecular flexibility index (Phi) is 3.79. The summed E-state index contributed by atoms with van der Waals surface area (Å²) in [5.74, 6) is -0.251. The van der Waals surface area contributed by atoms with Crippen molar-refractivity contribution in [3.05, 3.63) is 63.9 Å². The van der Waals surface area contributed by atoms with Gasteiger partial charge < -0.3 is 5.32 Å². The largest absolute Gasteiger partial charge is 0.381 e. The number of halogens is 2. The molecular weight excluding hydrogens is 281 g/mol. The van der Waals surface area contributed by atoms with Crippen LogP contribution >= 0.6 is 15.9 Å². The van der Waals surface area contributed by atoms with E-state index in [4.69, 9.17) is 0 Å². The van der Waals surface area contributed by atoms with Crippen molar-refractivity contribution >= 4 is 21.6 Å². The van der Waals surface area contributed by atoms with Gasteiger partial charge in [-0.25, -0.2) is 4.39 Å². The Hall–Kier alpha value is -1.35. The second kappa shape index (κ2) is 5.32. The molecule has 0 saturated carbocycles. The zero-order valence-electron chi connectivity index (χ0n) is 9.50. The van der Waals surface area contributed by atoms with Gasteiger partial charge in [-0.1, -0.05) is 29.8 Å². The van der Waals surface area contributed by atoms with Gasteiger partial charge in [0.25, 0.3) is 0 Å². The Labute approximate surface area is 109 Å². The van der Waals surface area contributed by atoms with Gasteiger partial charge in [-0.2, -0.15) is 0 Å². The summed E-state index contributed by atoms with van der Waals surface area (Å²) < 4.78 is 13.8. The third kappa shape index (κ3) is 3.30. The number of anilines is 1. The average molecular weight is 294 g/mol. The van der Waals surface area contributed by atoms with Gasteiger partial charge in [-0.05, 0) is 46.6 Å². The van der Waals surface area contributed by atoms with E-state index < -0.39 is 0 Å². The first-order chi connectivity index (χ1) is 8.15. The van der Waals surface area contributed by atoms with Gasteiger partial charge in [0, 0.05) is 12.2 Å². The maximum Gasteiger partial charge on any atom is 0.139 e. The minimum atomic E-state index is -0.251. The minimum absolute atomic E-state index is 0.251. The van der Waals surface area contributed by atoms with Crippen LogP contribution in [0, 0.1) is 12.7 Å². The van der Waals surface area contributed by atoms with Gasteiger partial charge in [0.05, 0.1) is 4.47 Å². The topological polar surface area (TPSA) is 12.0 Å². The third-order valence-electron chi connectivity index (χ3n) is 2.50. The van der Waals surface area contributed by atoms with Gasteiger partial charge in [0.2, 0.25) is 0 Å². The Morgan fingerprint density at radius 1 is 1.18 bits per heavy atom. The van der Waals surface area contributed by atoms with Crippen molar-refractivity contribution in [1.82, 2.24) is 0 Å². The van der Waals surface area contributed by atoms with Crippen molar-refractivity contribution in [2.24, 2.45) is 0 Å². The molecule has 0 aliphatic rings. The van der Waals surface area contributed by atoms with Crippen LogP contribution in [0.5, 0.6) is 0 Å². The van der Waals surface area contributed by atoms with Crippen molar-refractivity contribution in [2.75, 3.05) is 5.32 Å². The van der Waals surface area contributed by atoms with Crippen LogP contribution in [0.4, 0.5) is 10.1 Å². The van der Waals surface area contributed by atoms with Crippen LogP contribution in [-0.4, -0.2) is 0 Å². The Balaban J connectivity index is 2.05. The molecule has 0 aliphatic heterocycles. The Bertz CT molecular complexity index is 525. The molecule has 88 valence electrons. The number of hydrogen-bond donors (Lipinski definition) is 1. The third-order valence-corrected chi connectivity index (χ3v) is 3.14. The van der Waals surface area contributed by atoms with Crippen molar-refractivity contribution in [3.8, 4) is 0 Å². The van der Waals surface area contributed by atoms with E-state index in [-0.39, 0.29) is 5.82 Å². The maximum absolute atomic E-state index is 13.3. The smallest absolute Gasteiger partial charge is 0.139 e. The van der Waals surface area contributed by atoms with Crippen LogP contribution in [0.15, 0.2) is 46.9 Å². The predicted octanol–water partition coefficient (Wildman–Crippen LogP) is 4.51. The van der Waals surface area contributed by atoms with E-state index in [1.807, 2.05) is 12.1 Å². The van der Waals surface area contributed by atoms with Crippen molar-refractivity contribution in [2.45, 2.75) is 13.5 Å². The van der Waals surface area contributed by atoms with E-state index in [0.717, 1.165) is 5.69 Å². The zero-order chi connectivity index (χ0) is 12.3. The van der Waals surface area contributed by atoms with Crippen molar-refractivity contribution < 1.29 is 4.39 Å². The number of rotatable bonds is 3. The van der Waals surface area contributed by atoms with Gasteiger partial charge in [-0.15, -0.1) is 0 Å². The number of aryl methyl sites for hydroxylation is 1. The molecule has 2 rings (SSSR count). The summed E-state index contributed by atoms with van der Waals surface area (Å²) in [6.07, 6.45) is 0. The quantitative estimate of drug-likeness (QED) is 0.878. The molecule has 17 heavy (non-hydrogen) atoms. The summed E-state index contributed by atoms with van der Waals surface area (Å²) in [5.41, 5.74) is 3.20. The summed E-state index contributed by atoms with van der Waals surface area (Å²) in [6.45, 7) is 2.76. The molecule has 0 atom stereocenters. The van der Waals surface area contributed by atoms with Gasteiger partial charge in [0.1, 0.15) is 5.82 Å². The molecule has 0 unspecified atom stereocenters. The highest BCUT2D eigenvalue weighted by atomic mass is 79.9. The minimum Gasteiger partial charge on any atom is -0.381 e. The van der Waals surface area contributed by atoms with Crippen LogP contribution in [0.3, 0.4) is 0 Å². The van der Waals surface area contributed by atoms with E-state index >= 15 is 0 Å². The fourth-order valence-corrected chi connectivity index (χ4v) is 1.88. The van der Waals surface area contributed by atoms with Crippen LogP contribution in [-0.2, 0) is 6.54 Å². The monoisotopic (exact) mass is 293 g/mol. The van der Waals surface area contributed by atoms with E-state index in [2.05, 4.69) is 46.4 Å².